The van der Waals surface area contributed by atoms with Crippen molar-refractivity contribution in [3.8, 4) is 0 Å². The van der Waals surface area contributed by atoms with Crippen LogP contribution in [0.2, 0.25) is 0 Å². The van der Waals surface area contributed by atoms with E-state index in [1.165, 1.54) is 0 Å². The molecule has 9 nitrogen and oxygen atoms in total. The van der Waals surface area contributed by atoms with Crippen LogP contribution in [-0.4, -0.2) is 75.6 Å². The first-order valence-electron chi connectivity index (χ1n) is 20.0. The zero-order chi connectivity index (χ0) is 40.4. The van der Waals surface area contributed by atoms with Gasteiger partial charge in [0.1, 0.15) is 18.8 Å². The summed E-state index contributed by atoms with van der Waals surface area (Å²) in [7, 11) is 0. The summed E-state index contributed by atoms with van der Waals surface area (Å²) >= 11 is 5.62. The Morgan fingerprint density at radius 3 is 1.91 bits per heavy atom. The third kappa shape index (κ3) is 6.37. The number of thiol groups is 1. The molecule has 5 aliphatic rings. The normalized spacial score (nSPS) is 43.4. The van der Waals surface area contributed by atoms with E-state index in [1.54, 1.807) is 59.8 Å². The Labute approximate surface area is 328 Å². The standard InChI is InChI=1S/C44H66O9S/c1-12-25(4)36(48)51-23-40(9)30-17-19-41(10)31(44(30,54)20-18-32(40)45)16-15-28-29-21-39(7,8)35(53-38(50)27(6)14-3)34(47)43(29,33(46)22-42(28,41)11)24-52-37(49)26(5)13-2/h12-15,29-35,45-47,54H,16-24H2,1-11H3/b25-12+,26-13+,27-14+/t29?,30?,31?,32-,33+,34-,35-,40+,41+,42+,43-,44+/m0/s1. The van der Waals surface area contributed by atoms with Crippen molar-refractivity contribution in [2.75, 3.05) is 13.2 Å². The quantitative estimate of drug-likeness (QED) is 0.0662. The number of aliphatic hydroxyl groups is 3. The number of ether oxygens (including phenoxy) is 3. The van der Waals surface area contributed by atoms with Crippen LogP contribution in [0.4, 0.5) is 0 Å². The predicted molar refractivity (Wildman–Crippen MR) is 211 cm³/mol. The largest absolute Gasteiger partial charge is 0.462 e. The third-order valence-corrected chi connectivity index (χ3v) is 16.7. The zero-order valence-electron chi connectivity index (χ0n) is 34.5. The molecule has 0 bridgehead atoms. The van der Waals surface area contributed by atoms with E-state index in [0.29, 0.717) is 48.8 Å². The van der Waals surface area contributed by atoms with E-state index in [-0.39, 0.29) is 42.4 Å². The van der Waals surface area contributed by atoms with Crippen LogP contribution in [0.15, 0.2) is 46.6 Å². The SMILES string of the molecule is C/C=C(\C)C(=O)OC[C@@]12C(CC(C)(C)[C@@H](OC(=O)/C(C)=C/C)[C@@H]1O)C1=CCC3[C@@]4(S)CC[C@H](O)[C@](C)(COC(=O)/C(C)=C/C)C4CC[C@@]3(C)[C@]1(C)C[C@H]2O. The molecule has 0 aliphatic heterocycles. The Balaban J connectivity index is 1.58. The molecule has 0 radical (unpaired) electrons. The van der Waals surface area contributed by atoms with Gasteiger partial charge in [0.15, 0.2) is 0 Å². The van der Waals surface area contributed by atoms with E-state index in [2.05, 4.69) is 19.9 Å². The van der Waals surface area contributed by atoms with Gasteiger partial charge in [-0.2, -0.15) is 12.6 Å². The van der Waals surface area contributed by atoms with Crippen molar-refractivity contribution in [3.63, 3.8) is 0 Å². The number of rotatable bonds is 8. The Bertz CT molecular complexity index is 1640. The predicted octanol–water partition coefficient (Wildman–Crippen LogP) is 7.24. The van der Waals surface area contributed by atoms with Gasteiger partial charge in [-0.3, -0.25) is 0 Å². The van der Waals surface area contributed by atoms with Crippen LogP contribution in [0.25, 0.3) is 0 Å². The number of fused-ring (bicyclic) bond motifs is 7. The Kier molecular flexibility index (Phi) is 11.7. The third-order valence-electron chi connectivity index (χ3n) is 15.8. The van der Waals surface area contributed by atoms with Crippen LogP contribution < -0.4 is 0 Å². The fourth-order valence-electron chi connectivity index (χ4n) is 11.7. The first-order chi connectivity index (χ1) is 25.0. The molecule has 302 valence electrons. The summed E-state index contributed by atoms with van der Waals surface area (Å²) in [6, 6.07) is 0. The lowest BCUT2D eigenvalue weighted by Gasteiger charge is -2.72. The number of hydrogen-bond donors (Lipinski definition) is 4. The molecule has 5 aliphatic carbocycles. The van der Waals surface area contributed by atoms with Crippen molar-refractivity contribution < 1.29 is 43.9 Å². The minimum atomic E-state index is -1.33. The van der Waals surface area contributed by atoms with E-state index in [0.717, 1.165) is 18.4 Å². The van der Waals surface area contributed by atoms with Gasteiger partial charge in [0.2, 0.25) is 0 Å². The molecule has 0 heterocycles. The van der Waals surface area contributed by atoms with Gasteiger partial charge in [-0.25, -0.2) is 14.4 Å². The van der Waals surface area contributed by atoms with E-state index in [4.69, 9.17) is 26.8 Å². The smallest absolute Gasteiger partial charge is 0.333 e. The molecular formula is C44H66O9S. The van der Waals surface area contributed by atoms with Crippen LogP contribution in [0.5, 0.6) is 0 Å². The second-order valence-corrected chi connectivity index (χ2v) is 19.6. The summed E-state index contributed by atoms with van der Waals surface area (Å²) in [6.07, 6.45) is 7.67. The molecule has 0 saturated heterocycles. The number of allylic oxidation sites excluding steroid dienone is 5. The molecular weight excluding hydrogens is 705 g/mol. The molecule has 12 atom stereocenters. The number of carbonyl (C=O) groups excluding carboxylic acids is 3. The molecule has 3 N–H and O–H groups in total. The first-order valence-corrected chi connectivity index (χ1v) is 20.4. The molecule has 0 aromatic carbocycles. The Hall–Kier alpha value is -2.40. The first kappa shape index (κ1) is 42.7. The highest BCUT2D eigenvalue weighted by atomic mass is 32.1. The van der Waals surface area contributed by atoms with Gasteiger partial charge in [0.05, 0.1) is 24.2 Å². The summed E-state index contributed by atoms with van der Waals surface area (Å²) in [4.78, 5) is 39.1. The lowest BCUT2D eigenvalue weighted by molar-refractivity contribution is -0.256. The van der Waals surface area contributed by atoms with Gasteiger partial charge in [0.25, 0.3) is 0 Å². The summed E-state index contributed by atoms with van der Waals surface area (Å²) in [5, 5.41) is 36.8. The molecule has 0 aromatic rings. The van der Waals surface area contributed by atoms with Crippen molar-refractivity contribution in [3.05, 3.63) is 46.6 Å². The van der Waals surface area contributed by atoms with Crippen LogP contribution in [-0.2, 0) is 28.6 Å². The van der Waals surface area contributed by atoms with E-state index >= 15 is 0 Å². The maximum absolute atomic E-state index is 13.2. The van der Waals surface area contributed by atoms with Crippen LogP contribution >= 0.6 is 12.6 Å². The van der Waals surface area contributed by atoms with Gasteiger partial charge < -0.3 is 29.5 Å². The van der Waals surface area contributed by atoms with Gasteiger partial charge >= 0.3 is 17.9 Å². The molecule has 0 aromatic heterocycles. The van der Waals surface area contributed by atoms with E-state index in [1.807, 2.05) is 20.8 Å². The van der Waals surface area contributed by atoms with Crippen LogP contribution in [0.3, 0.4) is 0 Å². The maximum atomic E-state index is 13.2. The fourth-order valence-corrected chi connectivity index (χ4v) is 12.6. The minimum absolute atomic E-state index is 0.0270. The van der Waals surface area contributed by atoms with E-state index < -0.39 is 62.8 Å². The van der Waals surface area contributed by atoms with Crippen molar-refractivity contribution in [2.24, 2.45) is 44.8 Å². The molecule has 0 spiro atoms. The minimum Gasteiger partial charge on any atom is -0.462 e. The topological polar surface area (TPSA) is 140 Å². The average molecular weight is 771 g/mol. The second-order valence-electron chi connectivity index (χ2n) is 18.8. The molecule has 4 saturated carbocycles. The lowest BCUT2D eigenvalue weighted by atomic mass is 9.35. The number of carbonyl (C=O) groups is 3. The van der Waals surface area contributed by atoms with Crippen LogP contribution in [0.1, 0.15) is 121 Å². The molecule has 54 heavy (non-hydrogen) atoms. The van der Waals surface area contributed by atoms with Crippen molar-refractivity contribution in [1.29, 1.82) is 0 Å². The molecule has 0 amide bonds. The zero-order valence-corrected chi connectivity index (χ0v) is 35.3. The molecule has 5 rings (SSSR count). The Morgan fingerprint density at radius 1 is 0.778 bits per heavy atom. The maximum Gasteiger partial charge on any atom is 0.333 e. The molecule has 3 unspecified atom stereocenters. The van der Waals surface area contributed by atoms with Crippen molar-refractivity contribution in [2.45, 2.75) is 150 Å². The monoisotopic (exact) mass is 770 g/mol. The Morgan fingerprint density at radius 2 is 1.33 bits per heavy atom. The average Bonchev–Trinajstić information content (AvgIpc) is 3.12. The number of esters is 3. The lowest BCUT2D eigenvalue weighted by Crippen LogP contribution is -2.72. The summed E-state index contributed by atoms with van der Waals surface area (Å²) < 4.78 is 17.4. The highest BCUT2D eigenvalue weighted by molar-refractivity contribution is 7.81. The summed E-state index contributed by atoms with van der Waals surface area (Å²) in [5.74, 6) is -1.75. The number of hydrogen-bond acceptors (Lipinski definition) is 10. The highest BCUT2D eigenvalue weighted by Gasteiger charge is 2.73. The van der Waals surface area contributed by atoms with Gasteiger partial charge in [-0.15, -0.1) is 0 Å². The van der Waals surface area contributed by atoms with Crippen molar-refractivity contribution >= 4 is 30.5 Å². The molecule has 10 heteroatoms. The van der Waals surface area contributed by atoms with Crippen molar-refractivity contribution in [1.82, 2.24) is 0 Å². The van der Waals surface area contributed by atoms with Gasteiger partial charge in [-0.1, -0.05) is 64.5 Å². The number of aliphatic hydroxyl groups excluding tert-OH is 3. The van der Waals surface area contributed by atoms with Gasteiger partial charge in [-0.05, 0) is 115 Å². The summed E-state index contributed by atoms with van der Waals surface area (Å²) in [5.41, 5.74) is -1.04. The van der Waals surface area contributed by atoms with Gasteiger partial charge in [0, 0.05) is 32.3 Å². The van der Waals surface area contributed by atoms with Crippen LogP contribution in [0, 0.1) is 44.8 Å². The molecule has 4 fully saturated rings. The highest BCUT2D eigenvalue weighted by Crippen LogP contribution is 2.75. The second kappa shape index (κ2) is 14.8. The fraction of sp³-hybridized carbons (Fsp3) is 0.750. The summed E-state index contributed by atoms with van der Waals surface area (Å²) in [6.45, 7) is 20.9. The van der Waals surface area contributed by atoms with E-state index in [9.17, 15) is 29.7 Å².